The first-order valence-electron chi connectivity index (χ1n) is 10.8. The van der Waals surface area contributed by atoms with Crippen molar-refractivity contribution in [2.75, 3.05) is 22.7 Å². The predicted molar refractivity (Wildman–Crippen MR) is 134 cm³/mol. The summed E-state index contributed by atoms with van der Waals surface area (Å²) >= 11 is 6.50. The van der Waals surface area contributed by atoms with Gasteiger partial charge in [0.15, 0.2) is 0 Å². The van der Waals surface area contributed by atoms with E-state index < -0.39 is 31.9 Å². The smallest absolute Gasteiger partial charge is 0.314 e. The standard InChI is InChI=1S/C24H20ClFN4O4S/c25-18-11-15(6-7-17(18)14-4-3-5-16(10-14)30-8-1-2-9-30)29-35(33,34)22-13-21-20(12-19(22)26)27-23(31)24(32)28-21/h3-7,10-13,29H,1-2,8-9H2,(H,27,31)(H,28,32). The van der Waals surface area contributed by atoms with E-state index in [0.29, 0.717) is 5.02 Å². The number of aromatic nitrogens is 2. The van der Waals surface area contributed by atoms with E-state index in [-0.39, 0.29) is 16.7 Å². The van der Waals surface area contributed by atoms with Gasteiger partial charge in [-0.15, -0.1) is 0 Å². The quantitative estimate of drug-likeness (QED) is 0.347. The van der Waals surface area contributed by atoms with Crippen LogP contribution in [0.15, 0.2) is 69.1 Å². The van der Waals surface area contributed by atoms with Crippen molar-refractivity contribution in [3.05, 3.63) is 86.1 Å². The zero-order valence-corrected chi connectivity index (χ0v) is 19.8. The molecule has 1 aromatic heterocycles. The van der Waals surface area contributed by atoms with Gasteiger partial charge < -0.3 is 14.9 Å². The fourth-order valence-electron chi connectivity index (χ4n) is 4.19. The van der Waals surface area contributed by atoms with Crippen molar-refractivity contribution < 1.29 is 12.8 Å². The van der Waals surface area contributed by atoms with Crippen molar-refractivity contribution in [3.8, 4) is 11.1 Å². The van der Waals surface area contributed by atoms with E-state index in [0.717, 1.165) is 54.9 Å². The maximum Gasteiger partial charge on any atom is 0.314 e. The SMILES string of the molecule is O=c1[nH]c2cc(F)c(S(=O)(=O)Nc3ccc(-c4cccc(N5CCCC5)c4)c(Cl)c3)cc2[nH]c1=O. The number of fused-ring (bicyclic) bond motifs is 1. The molecule has 35 heavy (non-hydrogen) atoms. The Morgan fingerprint density at radius 1 is 0.914 bits per heavy atom. The van der Waals surface area contributed by atoms with Crippen molar-refractivity contribution >= 4 is 44.0 Å². The maximum atomic E-state index is 14.6. The number of aromatic amines is 2. The first kappa shape index (κ1) is 23.1. The Kier molecular flexibility index (Phi) is 5.86. The molecule has 5 rings (SSSR count). The molecule has 11 heteroatoms. The molecule has 3 aromatic carbocycles. The minimum atomic E-state index is -4.37. The predicted octanol–water partition coefficient (Wildman–Crippen LogP) is 4.08. The molecule has 8 nitrogen and oxygen atoms in total. The number of benzene rings is 3. The molecule has 4 aromatic rings. The summed E-state index contributed by atoms with van der Waals surface area (Å²) < 4.78 is 42.8. The highest BCUT2D eigenvalue weighted by Gasteiger charge is 2.22. The molecule has 0 spiro atoms. The fraction of sp³-hybridized carbons (Fsp3) is 0.167. The van der Waals surface area contributed by atoms with Gasteiger partial charge in [0.1, 0.15) is 10.7 Å². The summed E-state index contributed by atoms with van der Waals surface area (Å²) in [6, 6.07) is 14.5. The molecule has 0 radical (unpaired) electrons. The lowest BCUT2D eigenvalue weighted by Crippen LogP contribution is -2.29. The Morgan fingerprint density at radius 3 is 2.29 bits per heavy atom. The Balaban J connectivity index is 1.45. The Labute approximate surface area is 204 Å². The van der Waals surface area contributed by atoms with Gasteiger partial charge in [-0.2, -0.15) is 0 Å². The van der Waals surface area contributed by atoms with Crippen LogP contribution in [0.3, 0.4) is 0 Å². The van der Waals surface area contributed by atoms with E-state index >= 15 is 0 Å². The van der Waals surface area contributed by atoms with E-state index in [4.69, 9.17) is 11.6 Å². The van der Waals surface area contributed by atoms with Crippen LogP contribution in [0.1, 0.15) is 12.8 Å². The van der Waals surface area contributed by atoms with Crippen LogP contribution >= 0.6 is 11.6 Å². The molecule has 0 saturated carbocycles. The summed E-state index contributed by atoms with van der Waals surface area (Å²) in [5.41, 5.74) is 0.873. The van der Waals surface area contributed by atoms with Gasteiger partial charge in [-0.05, 0) is 48.7 Å². The van der Waals surface area contributed by atoms with Crippen LogP contribution in [0.5, 0.6) is 0 Å². The van der Waals surface area contributed by atoms with Crippen molar-refractivity contribution in [1.82, 2.24) is 9.97 Å². The van der Waals surface area contributed by atoms with Crippen LogP contribution in [0.4, 0.5) is 15.8 Å². The van der Waals surface area contributed by atoms with E-state index in [9.17, 15) is 22.4 Å². The maximum absolute atomic E-state index is 14.6. The number of hydrogen-bond donors (Lipinski definition) is 3. The number of rotatable bonds is 5. The first-order valence-corrected chi connectivity index (χ1v) is 12.7. The average molecular weight is 515 g/mol. The molecule has 180 valence electrons. The first-order chi connectivity index (χ1) is 16.7. The number of nitrogens with zero attached hydrogens (tertiary/aromatic N) is 1. The lowest BCUT2D eigenvalue weighted by atomic mass is 10.0. The number of anilines is 2. The Bertz CT molecular complexity index is 1680. The number of H-pyrrole nitrogens is 2. The molecule has 3 N–H and O–H groups in total. The highest BCUT2D eigenvalue weighted by Crippen LogP contribution is 2.34. The third-order valence-corrected chi connectivity index (χ3v) is 7.62. The molecular weight excluding hydrogens is 495 g/mol. The number of hydrogen-bond acceptors (Lipinski definition) is 5. The highest BCUT2D eigenvalue weighted by molar-refractivity contribution is 7.92. The van der Waals surface area contributed by atoms with E-state index in [1.54, 1.807) is 12.1 Å². The summed E-state index contributed by atoms with van der Waals surface area (Å²) in [5, 5.41) is 0.324. The van der Waals surface area contributed by atoms with Crippen LogP contribution in [0.25, 0.3) is 22.2 Å². The van der Waals surface area contributed by atoms with Crippen molar-refractivity contribution in [1.29, 1.82) is 0 Å². The van der Waals surface area contributed by atoms with Crippen molar-refractivity contribution in [2.45, 2.75) is 17.7 Å². The molecule has 1 aliphatic heterocycles. The molecule has 0 aliphatic carbocycles. The van der Waals surface area contributed by atoms with Gasteiger partial charge in [0, 0.05) is 30.4 Å². The van der Waals surface area contributed by atoms with Crippen molar-refractivity contribution in [3.63, 3.8) is 0 Å². The lowest BCUT2D eigenvalue weighted by molar-refractivity contribution is 0.571. The monoisotopic (exact) mass is 514 g/mol. The molecule has 1 aliphatic rings. The minimum Gasteiger partial charge on any atom is -0.372 e. The summed E-state index contributed by atoms with van der Waals surface area (Å²) in [5.74, 6) is -1.09. The van der Waals surface area contributed by atoms with Crippen LogP contribution in [-0.4, -0.2) is 31.5 Å². The summed E-state index contributed by atoms with van der Waals surface area (Å²) in [4.78, 5) is 29.1. The summed E-state index contributed by atoms with van der Waals surface area (Å²) in [6.45, 7) is 2.01. The second kappa shape index (κ2) is 8.86. The zero-order chi connectivity index (χ0) is 24.7. The Hall–Kier alpha value is -3.63. The van der Waals surface area contributed by atoms with E-state index in [2.05, 4.69) is 19.6 Å². The molecule has 0 amide bonds. The second-order valence-corrected chi connectivity index (χ2v) is 10.3. The van der Waals surface area contributed by atoms with Crippen LogP contribution in [0.2, 0.25) is 5.02 Å². The lowest BCUT2D eigenvalue weighted by Gasteiger charge is -2.19. The Morgan fingerprint density at radius 2 is 1.60 bits per heavy atom. The van der Waals surface area contributed by atoms with Crippen LogP contribution < -0.4 is 20.7 Å². The summed E-state index contributed by atoms with van der Waals surface area (Å²) in [7, 11) is -4.37. The van der Waals surface area contributed by atoms with Gasteiger partial charge in [0.05, 0.1) is 21.7 Å². The van der Waals surface area contributed by atoms with Gasteiger partial charge >= 0.3 is 11.1 Å². The average Bonchev–Trinajstić information content (AvgIpc) is 3.35. The third kappa shape index (κ3) is 4.54. The molecule has 0 unspecified atom stereocenters. The van der Waals surface area contributed by atoms with Crippen molar-refractivity contribution in [2.24, 2.45) is 0 Å². The molecule has 0 bridgehead atoms. The van der Waals surface area contributed by atoms with Crippen LogP contribution in [0, 0.1) is 5.82 Å². The number of nitrogens with one attached hydrogen (secondary N) is 3. The van der Waals surface area contributed by atoms with E-state index in [1.807, 2.05) is 24.3 Å². The normalized spacial score (nSPS) is 13.9. The van der Waals surface area contributed by atoms with E-state index in [1.165, 1.54) is 6.07 Å². The highest BCUT2D eigenvalue weighted by atomic mass is 35.5. The van der Waals surface area contributed by atoms with Gasteiger partial charge in [-0.3, -0.25) is 14.3 Å². The molecule has 1 saturated heterocycles. The zero-order valence-electron chi connectivity index (χ0n) is 18.3. The number of sulfonamides is 1. The molecule has 2 heterocycles. The molecule has 1 fully saturated rings. The van der Waals surface area contributed by atoms with Gasteiger partial charge in [-0.1, -0.05) is 29.8 Å². The topological polar surface area (TPSA) is 115 Å². The largest absolute Gasteiger partial charge is 0.372 e. The second-order valence-electron chi connectivity index (χ2n) is 8.28. The molecular formula is C24H20ClFN4O4S. The summed E-state index contributed by atoms with van der Waals surface area (Å²) in [6.07, 6.45) is 2.32. The van der Waals surface area contributed by atoms with Gasteiger partial charge in [0.2, 0.25) is 0 Å². The molecule has 0 atom stereocenters. The van der Waals surface area contributed by atoms with Gasteiger partial charge in [0.25, 0.3) is 10.0 Å². The fourth-order valence-corrected chi connectivity index (χ4v) is 5.62. The van der Waals surface area contributed by atoms with Crippen LogP contribution in [-0.2, 0) is 10.0 Å². The minimum absolute atomic E-state index is 0.0253. The number of halogens is 2. The third-order valence-electron chi connectivity index (χ3n) is 5.91. The van der Waals surface area contributed by atoms with Gasteiger partial charge in [-0.25, -0.2) is 12.8 Å².